The molecule has 17 heavy (non-hydrogen) atoms. The van der Waals surface area contributed by atoms with Gasteiger partial charge in [0.2, 0.25) is 0 Å². The lowest BCUT2D eigenvalue weighted by Gasteiger charge is -2.23. The molecule has 0 aromatic heterocycles. The number of allylic oxidation sites excluding steroid dienone is 1. The minimum atomic E-state index is -0.321. The third-order valence-corrected chi connectivity index (χ3v) is 4.07. The number of cyclic esters (lactones) is 1. The first-order valence-electron chi connectivity index (χ1n) is 6.08. The van der Waals surface area contributed by atoms with E-state index in [1.807, 2.05) is 18.2 Å². The van der Waals surface area contributed by atoms with Crippen molar-refractivity contribution in [3.63, 3.8) is 0 Å². The third kappa shape index (κ3) is 1.59. The summed E-state index contributed by atoms with van der Waals surface area (Å²) in [5.41, 5.74) is 2.09. The lowest BCUT2D eigenvalue weighted by atomic mass is 9.75. The average Bonchev–Trinajstić information content (AvgIpc) is 2.77. The summed E-state index contributed by atoms with van der Waals surface area (Å²) in [5.74, 6) is 0.313. The molecule has 1 saturated carbocycles. The van der Waals surface area contributed by atoms with E-state index < -0.39 is 0 Å². The Hall–Kier alpha value is -1.57. The zero-order valence-electron chi connectivity index (χ0n) is 9.82. The predicted octanol–water partition coefficient (Wildman–Crippen LogP) is 2.74. The number of fused-ring (bicyclic) bond motifs is 1. The molecule has 2 fully saturated rings. The molecule has 0 spiro atoms. The minimum absolute atomic E-state index is 0.0231. The lowest BCUT2D eigenvalue weighted by molar-refractivity contribution is -0.146. The van der Waals surface area contributed by atoms with Crippen molar-refractivity contribution in [1.82, 2.24) is 0 Å². The molecule has 0 unspecified atom stereocenters. The van der Waals surface area contributed by atoms with Crippen molar-refractivity contribution in [3.05, 3.63) is 48.0 Å². The van der Waals surface area contributed by atoms with Crippen LogP contribution in [0.15, 0.2) is 42.5 Å². The summed E-state index contributed by atoms with van der Waals surface area (Å²) in [6, 6.07) is 10.2. The maximum absolute atomic E-state index is 12.1. The van der Waals surface area contributed by atoms with Crippen LogP contribution in [0.3, 0.4) is 0 Å². The van der Waals surface area contributed by atoms with E-state index in [-0.39, 0.29) is 11.4 Å². The molecule has 0 amide bonds. The summed E-state index contributed by atoms with van der Waals surface area (Å²) in [5, 5.41) is 0. The van der Waals surface area contributed by atoms with Crippen molar-refractivity contribution < 1.29 is 9.53 Å². The Morgan fingerprint density at radius 3 is 2.88 bits per heavy atom. The second-order valence-electron chi connectivity index (χ2n) is 5.24. The summed E-state index contributed by atoms with van der Waals surface area (Å²) in [7, 11) is 0. The van der Waals surface area contributed by atoms with Crippen molar-refractivity contribution in [2.75, 3.05) is 6.61 Å². The van der Waals surface area contributed by atoms with Crippen molar-refractivity contribution >= 4 is 5.97 Å². The first kappa shape index (κ1) is 10.6. The Morgan fingerprint density at radius 2 is 2.12 bits per heavy atom. The van der Waals surface area contributed by atoms with Crippen LogP contribution in [0.1, 0.15) is 18.4 Å². The number of benzene rings is 1. The first-order chi connectivity index (χ1) is 8.21. The van der Waals surface area contributed by atoms with Crippen molar-refractivity contribution in [2.24, 2.45) is 11.3 Å². The SMILES string of the molecule is C=C1C[C@@H]2COC(=O)[C@]2(Cc2ccccc2)C1. The number of esters is 1. The highest BCUT2D eigenvalue weighted by molar-refractivity contribution is 5.81. The molecular weight excluding hydrogens is 212 g/mol. The fraction of sp³-hybridized carbons (Fsp3) is 0.400. The summed E-state index contributed by atoms with van der Waals surface area (Å²) in [4.78, 5) is 12.1. The molecule has 88 valence electrons. The lowest BCUT2D eigenvalue weighted by Crippen LogP contribution is -2.31. The third-order valence-electron chi connectivity index (χ3n) is 4.07. The second kappa shape index (κ2) is 3.73. The number of carbonyl (C=O) groups excluding carboxylic acids is 1. The van der Waals surface area contributed by atoms with Crippen molar-refractivity contribution in [1.29, 1.82) is 0 Å². The van der Waals surface area contributed by atoms with Gasteiger partial charge in [0, 0.05) is 5.92 Å². The topological polar surface area (TPSA) is 26.3 Å². The predicted molar refractivity (Wildman–Crippen MR) is 65.4 cm³/mol. The molecule has 0 bridgehead atoms. The number of hydrogen-bond donors (Lipinski definition) is 0. The van der Waals surface area contributed by atoms with Crippen LogP contribution >= 0.6 is 0 Å². The van der Waals surface area contributed by atoms with Gasteiger partial charge in [0.1, 0.15) is 0 Å². The van der Waals surface area contributed by atoms with Gasteiger partial charge in [0.05, 0.1) is 12.0 Å². The largest absolute Gasteiger partial charge is 0.465 e. The van der Waals surface area contributed by atoms with Gasteiger partial charge in [-0.3, -0.25) is 4.79 Å². The van der Waals surface area contributed by atoms with Crippen LogP contribution in [0.2, 0.25) is 0 Å². The van der Waals surface area contributed by atoms with Gasteiger partial charge in [0.25, 0.3) is 0 Å². The molecule has 2 heteroatoms. The number of hydrogen-bond acceptors (Lipinski definition) is 2. The zero-order valence-corrected chi connectivity index (χ0v) is 9.82. The minimum Gasteiger partial charge on any atom is -0.465 e. The first-order valence-corrected chi connectivity index (χ1v) is 6.08. The second-order valence-corrected chi connectivity index (χ2v) is 5.24. The fourth-order valence-corrected chi connectivity index (χ4v) is 3.22. The Kier molecular flexibility index (Phi) is 2.32. The van der Waals surface area contributed by atoms with Crippen molar-refractivity contribution in [2.45, 2.75) is 19.3 Å². The van der Waals surface area contributed by atoms with Gasteiger partial charge in [-0.15, -0.1) is 0 Å². The average molecular weight is 228 g/mol. The van der Waals surface area contributed by atoms with Gasteiger partial charge in [0.15, 0.2) is 0 Å². The van der Waals surface area contributed by atoms with Crippen molar-refractivity contribution in [3.8, 4) is 0 Å². The molecule has 1 saturated heterocycles. The molecule has 2 nitrogen and oxygen atoms in total. The van der Waals surface area contributed by atoms with Gasteiger partial charge >= 0.3 is 5.97 Å². The van der Waals surface area contributed by atoms with E-state index in [0.717, 1.165) is 19.3 Å². The van der Waals surface area contributed by atoms with Crippen LogP contribution in [0.25, 0.3) is 0 Å². The molecule has 1 aromatic carbocycles. The Labute approximate surface area is 101 Å². The van der Waals surface area contributed by atoms with Gasteiger partial charge in [-0.2, -0.15) is 0 Å². The van der Waals surface area contributed by atoms with Crippen LogP contribution in [0.4, 0.5) is 0 Å². The molecule has 2 atom stereocenters. The molecule has 2 aliphatic rings. The fourth-order valence-electron chi connectivity index (χ4n) is 3.22. The van der Waals surface area contributed by atoms with Crippen LogP contribution in [-0.2, 0) is 16.0 Å². The summed E-state index contributed by atoms with van der Waals surface area (Å²) in [6.07, 6.45) is 2.53. The highest BCUT2D eigenvalue weighted by Gasteiger charge is 2.55. The Bertz CT molecular complexity index is 463. The number of rotatable bonds is 2. The van der Waals surface area contributed by atoms with Gasteiger partial charge in [-0.25, -0.2) is 0 Å². The molecular formula is C15H16O2. The van der Waals surface area contributed by atoms with E-state index in [0.29, 0.717) is 12.5 Å². The molecule has 1 aliphatic heterocycles. The van der Waals surface area contributed by atoms with Gasteiger partial charge in [-0.1, -0.05) is 42.5 Å². The monoisotopic (exact) mass is 228 g/mol. The smallest absolute Gasteiger partial charge is 0.313 e. The summed E-state index contributed by atoms with van der Waals surface area (Å²) >= 11 is 0. The van der Waals surface area contributed by atoms with Crippen LogP contribution in [0.5, 0.6) is 0 Å². The normalized spacial score (nSPS) is 31.4. The van der Waals surface area contributed by atoms with Crippen LogP contribution in [-0.4, -0.2) is 12.6 Å². The zero-order chi connectivity index (χ0) is 11.9. The Balaban J connectivity index is 1.93. The summed E-state index contributed by atoms with van der Waals surface area (Å²) in [6.45, 7) is 4.62. The molecule has 0 N–H and O–H groups in total. The summed E-state index contributed by atoms with van der Waals surface area (Å²) < 4.78 is 5.26. The van der Waals surface area contributed by atoms with E-state index in [1.165, 1.54) is 11.1 Å². The molecule has 3 rings (SSSR count). The van der Waals surface area contributed by atoms with Gasteiger partial charge < -0.3 is 4.74 Å². The van der Waals surface area contributed by atoms with E-state index in [9.17, 15) is 4.79 Å². The maximum atomic E-state index is 12.1. The molecule has 0 radical (unpaired) electrons. The molecule has 1 aromatic rings. The molecule has 1 aliphatic carbocycles. The molecule has 1 heterocycles. The van der Waals surface area contributed by atoms with Crippen LogP contribution < -0.4 is 0 Å². The van der Waals surface area contributed by atoms with E-state index in [1.54, 1.807) is 0 Å². The number of carbonyl (C=O) groups is 1. The quantitative estimate of drug-likeness (QED) is 0.574. The number of ether oxygens (including phenoxy) is 1. The highest BCUT2D eigenvalue weighted by atomic mass is 16.5. The van der Waals surface area contributed by atoms with Crippen LogP contribution in [0, 0.1) is 11.3 Å². The van der Waals surface area contributed by atoms with E-state index in [4.69, 9.17) is 4.74 Å². The standard InChI is InChI=1S/C15H16O2/c1-11-7-13-10-17-14(16)15(13,8-11)9-12-5-3-2-4-6-12/h2-6,13H,1,7-10H2/t13-,15+/m1/s1. The maximum Gasteiger partial charge on any atom is 0.313 e. The van der Waals surface area contributed by atoms with E-state index in [2.05, 4.69) is 18.7 Å². The highest BCUT2D eigenvalue weighted by Crippen LogP contribution is 2.52. The van der Waals surface area contributed by atoms with E-state index >= 15 is 0 Å². The van der Waals surface area contributed by atoms with Gasteiger partial charge in [-0.05, 0) is 24.8 Å². The Morgan fingerprint density at radius 1 is 1.35 bits per heavy atom.